The van der Waals surface area contributed by atoms with Gasteiger partial charge in [0.2, 0.25) is 9.05 Å². The lowest BCUT2D eigenvalue weighted by Crippen LogP contribution is -2.00. The molecule has 0 aliphatic rings. The number of halogens is 1. The van der Waals surface area contributed by atoms with E-state index in [9.17, 15) is 8.42 Å². The van der Waals surface area contributed by atoms with Crippen LogP contribution >= 0.6 is 10.7 Å². The van der Waals surface area contributed by atoms with E-state index < -0.39 is 9.05 Å². The van der Waals surface area contributed by atoms with Crippen LogP contribution in [-0.4, -0.2) is 18.7 Å². The number of hydrogen-bond acceptors (Lipinski definition) is 2. The van der Waals surface area contributed by atoms with E-state index in [0.717, 1.165) is 16.5 Å². The Bertz CT molecular complexity index is 616. The number of fused-ring (bicyclic) bond motifs is 1. The molecule has 0 aliphatic heterocycles. The van der Waals surface area contributed by atoms with E-state index in [0.29, 0.717) is 6.42 Å². The van der Waals surface area contributed by atoms with E-state index in [1.165, 1.54) is 0 Å². The van der Waals surface area contributed by atoms with Gasteiger partial charge in [0, 0.05) is 34.8 Å². The topological polar surface area (TPSA) is 39.1 Å². The van der Waals surface area contributed by atoms with Crippen LogP contribution in [0.3, 0.4) is 0 Å². The maximum atomic E-state index is 10.9. The van der Waals surface area contributed by atoms with Crippen LogP contribution in [0.25, 0.3) is 10.9 Å². The van der Waals surface area contributed by atoms with Crippen LogP contribution in [0.15, 0.2) is 30.5 Å². The third-order valence-corrected chi connectivity index (χ3v) is 3.75. The lowest BCUT2D eigenvalue weighted by molar-refractivity contribution is 0.609. The summed E-state index contributed by atoms with van der Waals surface area (Å²) in [5.41, 5.74) is 2.12. The molecule has 2 rings (SSSR count). The van der Waals surface area contributed by atoms with Crippen molar-refractivity contribution in [2.24, 2.45) is 7.05 Å². The van der Waals surface area contributed by atoms with E-state index in [4.69, 9.17) is 10.7 Å². The molecule has 1 aromatic carbocycles. The van der Waals surface area contributed by atoms with E-state index >= 15 is 0 Å². The Morgan fingerprint density at radius 1 is 1.31 bits per heavy atom. The summed E-state index contributed by atoms with van der Waals surface area (Å²) in [5, 5.41) is 1.09. The molecule has 0 radical (unpaired) electrons. The molecule has 1 heterocycles. The zero-order valence-electron chi connectivity index (χ0n) is 8.85. The molecule has 0 spiro atoms. The Balaban J connectivity index is 2.38. The van der Waals surface area contributed by atoms with Gasteiger partial charge in [-0.25, -0.2) is 8.42 Å². The second kappa shape index (κ2) is 4.11. The van der Waals surface area contributed by atoms with Crippen molar-refractivity contribution in [3.05, 3.63) is 36.0 Å². The highest BCUT2D eigenvalue weighted by atomic mass is 35.7. The Labute approximate surface area is 99.1 Å². The number of para-hydroxylation sites is 1. The number of benzene rings is 1. The minimum atomic E-state index is -3.42. The molecule has 0 N–H and O–H groups in total. The predicted octanol–water partition coefficient (Wildman–Crippen LogP) is 2.29. The van der Waals surface area contributed by atoms with Crippen LogP contribution in [0.1, 0.15) is 5.56 Å². The summed E-state index contributed by atoms with van der Waals surface area (Å²) >= 11 is 0. The smallest absolute Gasteiger partial charge is 0.232 e. The minimum Gasteiger partial charge on any atom is -0.350 e. The summed E-state index contributed by atoms with van der Waals surface area (Å²) in [6.45, 7) is 0. The molecule has 0 fully saturated rings. The molecule has 16 heavy (non-hydrogen) atoms. The molecule has 0 unspecified atom stereocenters. The van der Waals surface area contributed by atoms with E-state index in [-0.39, 0.29) is 5.75 Å². The fraction of sp³-hybridized carbons (Fsp3) is 0.273. The number of nitrogens with zero attached hydrogens (tertiary/aromatic N) is 1. The highest BCUT2D eigenvalue weighted by Crippen LogP contribution is 2.21. The van der Waals surface area contributed by atoms with Crippen molar-refractivity contribution in [1.82, 2.24) is 4.57 Å². The Kier molecular flexibility index (Phi) is 2.95. The first-order valence-corrected chi connectivity index (χ1v) is 7.40. The van der Waals surface area contributed by atoms with Gasteiger partial charge in [-0.3, -0.25) is 0 Å². The van der Waals surface area contributed by atoms with Crippen molar-refractivity contribution in [1.29, 1.82) is 0 Å². The number of hydrogen-bond donors (Lipinski definition) is 0. The summed E-state index contributed by atoms with van der Waals surface area (Å²) in [6.07, 6.45) is 2.40. The van der Waals surface area contributed by atoms with E-state index in [2.05, 4.69) is 0 Å². The zero-order valence-corrected chi connectivity index (χ0v) is 10.4. The van der Waals surface area contributed by atoms with Crippen molar-refractivity contribution >= 4 is 30.6 Å². The third kappa shape index (κ3) is 2.39. The van der Waals surface area contributed by atoms with Crippen LogP contribution in [0.5, 0.6) is 0 Å². The number of aryl methyl sites for hydroxylation is 2. The molecule has 1 aromatic heterocycles. The predicted molar refractivity (Wildman–Crippen MR) is 66.3 cm³/mol. The molecule has 5 heteroatoms. The maximum absolute atomic E-state index is 10.9. The molecule has 0 saturated heterocycles. The van der Waals surface area contributed by atoms with Crippen molar-refractivity contribution in [3.8, 4) is 0 Å². The summed E-state index contributed by atoms with van der Waals surface area (Å²) < 4.78 is 23.8. The van der Waals surface area contributed by atoms with E-state index in [1.54, 1.807) is 0 Å². The average molecular weight is 258 g/mol. The van der Waals surface area contributed by atoms with Gasteiger partial charge < -0.3 is 4.57 Å². The van der Waals surface area contributed by atoms with Crippen LogP contribution in [0.2, 0.25) is 0 Å². The quantitative estimate of drug-likeness (QED) is 0.792. The molecule has 0 saturated carbocycles. The Hall–Kier alpha value is -1.00. The molecule has 0 aliphatic carbocycles. The first-order valence-electron chi connectivity index (χ1n) is 4.92. The Morgan fingerprint density at radius 3 is 2.69 bits per heavy atom. The fourth-order valence-electron chi connectivity index (χ4n) is 1.86. The van der Waals surface area contributed by atoms with Gasteiger partial charge in [0.15, 0.2) is 0 Å². The molecular formula is C11H12ClNO2S. The maximum Gasteiger partial charge on any atom is 0.232 e. The van der Waals surface area contributed by atoms with Gasteiger partial charge in [0.1, 0.15) is 0 Å². The summed E-state index contributed by atoms with van der Waals surface area (Å²) in [4.78, 5) is 0. The average Bonchev–Trinajstić information content (AvgIpc) is 2.53. The second-order valence-corrected chi connectivity index (χ2v) is 6.67. The molecule has 0 bridgehead atoms. The van der Waals surface area contributed by atoms with E-state index in [1.807, 2.05) is 42.1 Å². The fourth-order valence-corrected chi connectivity index (χ4v) is 2.55. The Morgan fingerprint density at radius 2 is 2.00 bits per heavy atom. The second-order valence-electron chi connectivity index (χ2n) is 3.78. The highest BCUT2D eigenvalue weighted by Gasteiger charge is 2.10. The van der Waals surface area contributed by atoms with Crippen LogP contribution in [0.4, 0.5) is 0 Å². The van der Waals surface area contributed by atoms with Crippen LogP contribution in [0, 0.1) is 0 Å². The third-order valence-electron chi connectivity index (χ3n) is 2.59. The first kappa shape index (κ1) is 11.5. The van der Waals surface area contributed by atoms with Gasteiger partial charge >= 0.3 is 0 Å². The monoisotopic (exact) mass is 257 g/mol. The summed E-state index contributed by atoms with van der Waals surface area (Å²) in [6, 6.07) is 7.91. The van der Waals surface area contributed by atoms with Crippen molar-refractivity contribution in [2.75, 3.05) is 5.75 Å². The largest absolute Gasteiger partial charge is 0.350 e. The van der Waals surface area contributed by atoms with Gasteiger partial charge in [-0.15, -0.1) is 0 Å². The minimum absolute atomic E-state index is 0.0252. The molecule has 2 aromatic rings. The lowest BCUT2D eigenvalue weighted by Gasteiger charge is -1.96. The van der Waals surface area contributed by atoms with Gasteiger partial charge in [0.05, 0.1) is 5.75 Å². The van der Waals surface area contributed by atoms with Crippen LogP contribution < -0.4 is 0 Å². The normalized spacial score (nSPS) is 12.1. The summed E-state index contributed by atoms with van der Waals surface area (Å²) in [7, 11) is 3.73. The molecular weight excluding hydrogens is 246 g/mol. The molecule has 0 amide bonds. The van der Waals surface area contributed by atoms with Gasteiger partial charge in [-0.2, -0.15) is 0 Å². The molecule has 0 atom stereocenters. The standard InChI is InChI=1S/C11H12ClNO2S/c1-13-8-9(6-7-16(12,14)15)10-4-2-3-5-11(10)13/h2-5,8H,6-7H2,1H3. The molecule has 3 nitrogen and oxygen atoms in total. The zero-order chi connectivity index (χ0) is 11.8. The van der Waals surface area contributed by atoms with Crippen molar-refractivity contribution in [2.45, 2.75) is 6.42 Å². The lowest BCUT2D eigenvalue weighted by atomic mass is 10.1. The molecule has 86 valence electrons. The van der Waals surface area contributed by atoms with Gasteiger partial charge in [-0.05, 0) is 18.1 Å². The van der Waals surface area contributed by atoms with Crippen molar-refractivity contribution in [3.63, 3.8) is 0 Å². The van der Waals surface area contributed by atoms with Crippen molar-refractivity contribution < 1.29 is 8.42 Å². The van der Waals surface area contributed by atoms with Crippen LogP contribution in [-0.2, 0) is 22.5 Å². The SMILES string of the molecule is Cn1cc(CCS(=O)(=O)Cl)c2ccccc21. The van der Waals surface area contributed by atoms with Gasteiger partial charge in [0.25, 0.3) is 0 Å². The number of rotatable bonds is 3. The number of aromatic nitrogens is 1. The highest BCUT2D eigenvalue weighted by molar-refractivity contribution is 8.13. The first-order chi connectivity index (χ1) is 7.47. The van der Waals surface area contributed by atoms with Gasteiger partial charge in [-0.1, -0.05) is 18.2 Å². The summed E-state index contributed by atoms with van der Waals surface area (Å²) in [5.74, 6) is -0.0252.